The fraction of sp³-hybridized carbons (Fsp3) is 0.471. The number of thioether (sulfide) groups is 2. The van der Waals surface area contributed by atoms with Crippen LogP contribution in [0.2, 0.25) is 0 Å². The predicted octanol–water partition coefficient (Wildman–Crippen LogP) is 4.34. The Balaban J connectivity index is 2.54. The zero-order valence-corrected chi connectivity index (χ0v) is 15.7. The van der Waals surface area contributed by atoms with Gasteiger partial charge in [-0.1, -0.05) is 17.7 Å². The molecular weight excluding hydrogens is 314 g/mol. The molecule has 0 atom stereocenters. The molecule has 5 heteroatoms. The van der Waals surface area contributed by atoms with Crippen LogP contribution in [0.5, 0.6) is 0 Å². The summed E-state index contributed by atoms with van der Waals surface area (Å²) in [6.45, 7) is 8.52. The molecule has 0 aliphatic carbocycles. The fourth-order valence-corrected chi connectivity index (χ4v) is 5.16. The summed E-state index contributed by atoms with van der Waals surface area (Å²) < 4.78 is 5.21. The van der Waals surface area contributed by atoms with E-state index in [0.717, 1.165) is 22.6 Å². The van der Waals surface area contributed by atoms with Crippen LogP contribution < -0.4 is 4.90 Å². The first kappa shape index (κ1) is 17.3. The van der Waals surface area contributed by atoms with Crippen molar-refractivity contribution in [1.82, 2.24) is 0 Å². The molecule has 22 heavy (non-hydrogen) atoms. The summed E-state index contributed by atoms with van der Waals surface area (Å²) in [5.74, 6) is 0.777. The van der Waals surface area contributed by atoms with Gasteiger partial charge in [-0.3, -0.25) is 9.69 Å². The van der Waals surface area contributed by atoms with Crippen molar-refractivity contribution in [2.24, 2.45) is 0 Å². The van der Waals surface area contributed by atoms with E-state index < -0.39 is 4.20 Å². The van der Waals surface area contributed by atoms with Gasteiger partial charge in [0.05, 0.1) is 6.61 Å². The SMILES string of the molecule is CCO/C(C)=C1\C(=O)N(c2ccc(C)cc2C)C1(SC)SC. The first-order chi connectivity index (χ1) is 10.4. The Morgan fingerprint density at radius 2 is 1.91 bits per heavy atom. The molecule has 1 aromatic rings. The molecule has 0 spiro atoms. The van der Waals surface area contributed by atoms with E-state index in [1.54, 1.807) is 23.5 Å². The maximum absolute atomic E-state index is 12.8. The number of hydrogen-bond donors (Lipinski definition) is 0. The molecule has 1 aliphatic rings. The maximum atomic E-state index is 12.8. The molecule has 120 valence electrons. The van der Waals surface area contributed by atoms with Crippen molar-refractivity contribution in [2.45, 2.75) is 31.9 Å². The van der Waals surface area contributed by atoms with Crippen LogP contribution in [0.1, 0.15) is 25.0 Å². The highest BCUT2D eigenvalue weighted by molar-refractivity contribution is 8.18. The van der Waals surface area contributed by atoms with Crippen LogP contribution in [-0.2, 0) is 9.53 Å². The molecule has 1 amide bonds. The monoisotopic (exact) mass is 337 g/mol. The van der Waals surface area contributed by atoms with E-state index in [1.165, 1.54) is 5.56 Å². The quantitative estimate of drug-likeness (QED) is 0.346. The van der Waals surface area contributed by atoms with Crippen LogP contribution in [-0.4, -0.2) is 29.2 Å². The average Bonchev–Trinajstić information content (AvgIpc) is 2.47. The number of ether oxygens (including phenoxy) is 1. The largest absolute Gasteiger partial charge is 0.498 e. The van der Waals surface area contributed by atoms with Gasteiger partial charge in [0.2, 0.25) is 0 Å². The van der Waals surface area contributed by atoms with Gasteiger partial charge in [0.1, 0.15) is 11.3 Å². The van der Waals surface area contributed by atoms with Crippen LogP contribution in [0.3, 0.4) is 0 Å². The van der Waals surface area contributed by atoms with Crippen molar-refractivity contribution in [3.63, 3.8) is 0 Å². The topological polar surface area (TPSA) is 29.5 Å². The van der Waals surface area contributed by atoms with E-state index in [4.69, 9.17) is 4.74 Å². The van der Waals surface area contributed by atoms with E-state index in [0.29, 0.717) is 6.61 Å². The molecule has 0 N–H and O–H groups in total. The number of nitrogens with zero attached hydrogens (tertiary/aromatic N) is 1. The number of anilines is 1. The second kappa shape index (κ2) is 6.59. The van der Waals surface area contributed by atoms with E-state index in [9.17, 15) is 4.79 Å². The van der Waals surface area contributed by atoms with Gasteiger partial charge in [-0.25, -0.2) is 0 Å². The summed E-state index contributed by atoms with van der Waals surface area (Å²) in [5, 5.41) is 0. The molecule has 3 nitrogen and oxygen atoms in total. The van der Waals surface area contributed by atoms with Crippen LogP contribution in [0.15, 0.2) is 29.5 Å². The van der Waals surface area contributed by atoms with Gasteiger partial charge >= 0.3 is 0 Å². The number of carbonyl (C=O) groups is 1. The van der Waals surface area contributed by atoms with Gasteiger partial charge in [0.25, 0.3) is 5.91 Å². The number of hydrogen-bond acceptors (Lipinski definition) is 4. The summed E-state index contributed by atoms with van der Waals surface area (Å²) in [5.41, 5.74) is 4.07. The van der Waals surface area contributed by atoms with Crippen molar-refractivity contribution in [1.29, 1.82) is 0 Å². The van der Waals surface area contributed by atoms with Crippen molar-refractivity contribution in [3.05, 3.63) is 40.7 Å². The lowest BCUT2D eigenvalue weighted by Gasteiger charge is -2.52. The van der Waals surface area contributed by atoms with Crippen molar-refractivity contribution >= 4 is 35.1 Å². The van der Waals surface area contributed by atoms with Crippen molar-refractivity contribution in [3.8, 4) is 0 Å². The molecule has 2 rings (SSSR count). The number of allylic oxidation sites excluding steroid dienone is 1. The molecule has 0 aromatic heterocycles. The van der Waals surface area contributed by atoms with Gasteiger partial charge in [-0.2, -0.15) is 0 Å². The normalized spacial score (nSPS) is 19.0. The number of amides is 1. The van der Waals surface area contributed by atoms with Crippen LogP contribution in [0, 0.1) is 13.8 Å². The highest BCUT2D eigenvalue weighted by Gasteiger charge is 2.58. The third-order valence-corrected chi connectivity index (χ3v) is 6.77. The lowest BCUT2D eigenvalue weighted by atomic mass is 10.00. The summed E-state index contributed by atoms with van der Waals surface area (Å²) >= 11 is 3.34. The Morgan fingerprint density at radius 3 is 2.41 bits per heavy atom. The Bertz CT molecular complexity index is 621. The minimum absolute atomic E-state index is 0.0432. The molecule has 1 heterocycles. The minimum atomic E-state index is -0.406. The summed E-state index contributed by atoms with van der Waals surface area (Å²) in [6.07, 6.45) is 4.08. The lowest BCUT2D eigenvalue weighted by molar-refractivity contribution is -0.118. The number of carbonyl (C=O) groups excluding carboxylic acids is 1. The molecule has 0 radical (unpaired) electrons. The zero-order chi connectivity index (χ0) is 16.5. The smallest absolute Gasteiger partial charge is 0.263 e. The lowest BCUT2D eigenvalue weighted by Crippen LogP contribution is -2.63. The van der Waals surface area contributed by atoms with Gasteiger partial charge < -0.3 is 4.74 Å². The Morgan fingerprint density at radius 1 is 1.27 bits per heavy atom. The summed E-state index contributed by atoms with van der Waals surface area (Å²) in [4.78, 5) is 14.7. The number of β-lactam (4-membered cyclic amide) rings is 1. The third kappa shape index (κ3) is 2.54. The third-order valence-electron chi connectivity index (χ3n) is 3.89. The average molecular weight is 338 g/mol. The Kier molecular flexibility index (Phi) is 5.17. The fourth-order valence-electron chi connectivity index (χ4n) is 2.90. The van der Waals surface area contributed by atoms with Crippen molar-refractivity contribution in [2.75, 3.05) is 24.0 Å². The molecule has 1 fully saturated rings. The molecule has 1 aliphatic heterocycles. The molecule has 0 saturated carbocycles. The molecular formula is C17H23NO2S2. The van der Waals surface area contributed by atoms with Gasteiger partial charge in [0.15, 0.2) is 4.20 Å². The maximum Gasteiger partial charge on any atom is 0.263 e. The molecule has 1 saturated heterocycles. The summed E-state index contributed by atoms with van der Waals surface area (Å²) in [7, 11) is 0. The predicted molar refractivity (Wildman–Crippen MR) is 97.5 cm³/mol. The number of benzene rings is 1. The Labute approximate surface area is 141 Å². The second-order valence-electron chi connectivity index (χ2n) is 5.28. The van der Waals surface area contributed by atoms with Crippen molar-refractivity contribution < 1.29 is 9.53 Å². The molecule has 1 aromatic carbocycles. The Hall–Kier alpha value is -1.07. The highest BCUT2D eigenvalue weighted by Crippen LogP contribution is 2.55. The van der Waals surface area contributed by atoms with Crippen LogP contribution in [0.4, 0.5) is 5.69 Å². The standard InChI is InChI=1S/C17H23NO2S2/c1-7-20-13(4)15-16(19)18(17(15,21-5)22-6)14-9-8-11(2)10-12(14)3/h8-10H,7H2,1-6H3/b15-13+. The summed E-state index contributed by atoms with van der Waals surface area (Å²) in [6, 6.07) is 6.21. The first-order valence-corrected chi connectivity index (χ1v) is 9.74. The van der Waals surface area contributed by atoms with E-state index in [-0.39, 0.29) is 5.91 Å². The van der Waals surface area contributed by atoms with E-state index in [1.807, 2.05) is 37.3 Å². The van der Waals surface area contributed by atoms with Gasteiger partial charge in [0, 0.05) is 5.69 Å². The minimum Gasteiger partial charge on any atom is -0.498 e. The van der Waals surface area contributed by atoms with E-state index >= 15 is 0 Å². The van der Waals surface area contributed by atoms with Crippen LogP contribution in [0.25, 0.3) is 0 Å². The van der Waals surface area contributed by atoms with Gasteiger partial charge in [-0.15, -0.1) is 23.5 Å². The van der Waals surface area contributed by atoms with E-state index in [2.05, 4.69) is 26.0 Å². The number of rotatable bonds is 5. The highest BCUT2D eigenvalue weighted by atomic mass is 32.2. The number of aryl methyl sites for hydroxylation is 2. The van der Waals surface area contributed by atoms with Crippen LogP contribution >= 0.6 is 23.5 Å². The van der Waals surface area contributed by atoms with Gasteiger partial charge in [-0.05, 0) is 51.8 Å². The molecule has 0 bridgehead atoms. The molecule has 0 unspecified atom stereocenters. The zero-order valence-electron chi connectivity index (χ0n) is 14.0. The first-order valence-electron chi connectivity index (χ1n) is 7.29. The second-order valence-corrected chi connectivity index (χ2v) is 7.54.